The lowest BCUT2D eigenvalue weighted by atomic mass is 9.88. The fourth-order valence-electron chi connectivity index (χ4n) is 4.39. The van der Waals surface area contributed by atoms with E-state index in [4.69, 9.17) is 0 Å². The molecule has 210 valence electrons. The molecule has 1 aliphatic heterocycles. The van der Waals surface area contributed by atoms with Crippen molar-refractivity contribution in [1.82, 2.24) is 4.72 Å². The SMILES string of the molecule is Cc1ccc(S(=O)(=O)N2c3ccc(C(O)(C(F)(F)F)C(F)(F)F)cc3CCC2CNS(=O)(=O)C2CC2)cc1. The first-order valence-electron chi connectivity index (χ1n) is 11.5. The van der Waals surface area contributed by atoms with Crippen molar-refractivity contribution in [3.8, 4) is 0 Å². The number of anilines is 1. The highest BCUT2D eigenvalue weighted by atomic mass is 32.2. The Hall–Kier alpha value is -2.36. The molecule has 0 spiro atoms. The fraction of sp³-hybridized carbons (Fsp3) is 0.478. The number of aryl methyl sites for hydroxylation is 2. The van der Waals surface area contributed by atoms with Gasteiger partial charge in [-0.3, -0.25) is 4.31 Å². The van der Waals surface area contributed by atoms with Crippen LogP contribution in [0.5, 0.6) is 0 Å². The molecule has 2 aromatic rings. The number of benzene rings is 2. The predicted octanol–water partition coefficient (Wildman–Crippen LogP) is 3.90. The van der Waals surface area contributed by atoms with Gasteiger partial charge in [-0.15, -0.1) is 0 Å². The number of sulfonamides is 2. The Labute approximate surface area is 215 Å². The molecular weight excluding hydrogens is 562 g/mol. The Balaban J connectivity index is 1.81. The van der Waals surface area contributed by atoms with Gasteiger partial charge >= 0.3 is 12.4 Å². The molecule has 2 aliphatic rings. The molecule has 1 unspecified atom stereocenters. The van der Waals surface area contributed by atoms with E-state index in [2.05, 4.69) is 4.72 Å². The topological polar surface area (TPSA) is 104 Å². The fourth-order valence-corrected chi connectivity index (χ4v) is 7.53. The zero-order valence-corrected chi connectivity index (χ0v) is 21.5. The molecule has 4 rings (SSSR count). The molecule has 15 heteroatoms. The molecule has 0 radical (unpaired) electrons. The first-order chi connectivity index (χ1) is 17.4. The van der Waals surface area contributed by atoms with E-state index in [0.29, 0.717) is 25.0 Å². The number of hydrogen-bond acceptors (Lipinski definition) is 5. The molecule has 0 aromatic heterocycles. The van der Waals surface area contributed by atoms with Gasteiger partial charge in [-0.05, 0) is 56.4 Å². The smallest absolute Gasteiger partial charge is 0.369 e. The minimum Gasteiger partial charge on any atom is -0.369 e. The van der Waals surface area contributed by atoms with Crippen LogP contribution >= 0.6 is 0 Å². The molecule has 1 heterocycles. The maximum Gasteiger partial charge on any atom is 0.430 e. The molecule has 1 saturated carbocycles. The Kier molecular flexibility index (Phi) is 7.07. The number of hydrogen-bond donors (Lipinski definition) is 2. The van der Waals surface area contributed by atoms with Gasteiger partial charge in [0.15, 0.2) is 0 Å². The Morgan fingerprint density at radius 3 is 2.03 bits per heavy atom. The summed E-state index contributed by atoms with van der Waals surface area (Å²) in [5.41, 5.74) is -6.32. The predicted molar refractivity (Wildman–Crippen MR) is 125 cm³/mol. The van der Waals surface area contributed by atoms with Crippen molar-refractivity contribution in [3.05, 3.63) is 59.2 Å². The number of alkyl halides is 6. The van der Waals surface area contributed by atoms with Gasteiger partial charge in [0.25, 0.3) is 15.6 Å². The van der Waals surface area contributed by atoms with E-state index < -0.39 is 54.9 Å². The van der Waals surface area contributed by atoms with Crippen molar-refractivity contribution in [2.75, 3.05) is 10.8 Å². The summed E-state index contributed by atoms with van der Waals surface area (Å²) >= 11 is 0. The van der Waals surface area contributed by atoms with Gasteiger partial charge in [0.1, 0.15) is 0 Å². The molecule has 2 N–H and O–H groups in total. The molecule has 7 nitrogen and oxygen atoms in total. The average molecular weight is 587 g/mol. The van der Waals surface area contributed by atoms with Crippen LogP contribution in [0.1, 0.15) is 36.0 Å². The van der Waals surface area contributed by atoms with Crippen LogP contribution in [0.4, 0.5) is 32.0 Å². The van der Waals surface area contributed by atoms with Crippen LogP contribution in [0.2, 0.25) is 0 Å². The molecule has 1 fully saturated rings. The minimum absolute atomic E-state index is 0.106. The molecular formula is C23H24F6N2O5S2. The normalized spacial score (nSPS) is 19.4. The maximum atomic E-state index is 13.7. The highest BCUT2D eigenvalue weighted by Crippen LogP contribution is 2.51. The summed E-state index contributed by atoms with van der Waals surface area (Å²) in [7, 11) is -8.14. The zero-order valence-electron chi connectivity index (χ0n) is 19.8. The van der Waals surface area contributed by atoms with Crippen LogP contribution in [0.15, 0.2) is 47.4 Å². The van der Waals surface area contributed by atoms with E-state index in [-0.39, 0.29) is 35.5 Å². The summed E-state index contributed by atoms with van der Waals surface area (Å²) in [4.78, 5) is -0.197. The lowest BCUT2D eigenvalue weighted by Gasteiger charge is -2.39. The Morgan fingerprint density at radius 2 is 1.50 bits per heavy atom. The minimum atomic E-state index is -6.11. The second kappa shape index (κ2) is 9.38. The van der Waals surface area contributed by atoms with Gasteiger partial charge in [-0.1, -0.05) is 29.8 Å². The largest absolute Gasteiger partial charge is 0.430 e. The summed E-state index contributed by atoms with van der Waals surface area (Å²) in [6, 6.07) is 6.26. The number of fused-ring (bicyclic) bond motifs is 1. The van der Waals surface area contributed by atoms with Crippen molar-refractivity contribution in [1.29, 1.82) is 0 Å². The second-order valence-corrected chi connectivity index (χ2v) is 13.3. The Bertz CT molecular complexity index is 1410. The third-order valence-corrected chi connectivity index (χ3v) is 10.5. The number of nitrogens with zero attached hydrogens (tertiary/aromatic N) is 1. The number of rotatable bonds is 7. The summed E-state index contributed by atoms with van der Waals surface area (Å²) in [5.74, 6) is 0. The van der Waals surface area contributed by atoms with Crippen LogP contribution in [0.25, 0.3) is 0 Å². The third kappa shape index (κ3) is 5.00. The molecule has 0 bridgehead atoms. The van der Waals surface area contributed by atoms with Crippen molar-refractivity contribution in [3.63, 3.8) is 0 Å². The van der Waals surface area contributed by atoms with Crippen LogP contribution in [-0.4, -0.2) is 52.1 Å². The number of aliphatic hydroxyl groups is 1. The molecule has 2 aromatic carbocycles. The quantitative estimate of drug-likeness (QED) is 0.480. The van der Waals surface area contributed by atoms with Crippen LogP contribution in [0.3, 0.4) is 0 Å². The van der Waals surface area contributed by atoms with E-state index >= 15 is 0 Å². The lowest BCUT2D eigenvalue weighted by molar-refractivity contribution is -0.376. The van der Waals surface area contributed by atoms with Crippen molar-refractivity contribution in [2.24, 2.45) is 0 Å². The van der Waals surface area contributed by atoms with E-state index in [1.807, 2.05) is 0 Å². The Morgan fingerprint density at radius 1 is 0.921 bits per heavy atom. The molecule has 0 amide bonds. The summed E-state index contributed by atoms with van der Waals surface area (Å²) in [6.45, 7) is 1.37. The summed E-state index contributed by atoms with van der Waals surface area (Å²) < 4.78 is 136. The summed E-state index contributed by atoms with van der Waals surface area (Å²) in [6.07, 6.45) is -11.6. The van der Waals surface area contributed by atoms with E-state index in [0.717, 1.165) is 15.9 Å². The van der Waals surface area contributed by atoms with Gasteiger partial charge in [0, 0.05) is 12.1 Å². The lowest BCUT2D eigenvalue weighted by Crippen LogP contribution is -2.54. The zero-order chi connectivity index (χ0) is 28.3. The first kappa shape index (κ1) is 28.6. The summed E-state index contributed by atoms with van der Waals surface area (Å²) in [5, 5.41) is 9.22. The monoisotopic (exact) mass is 586 g/mol. The van der Waals surface area contributed by atoms with E-state index in [1.54, 1.807) is 6.92 Å². The highest BCUT2D eigenvalue weighted by Gasteiger charge is 2.71. The second-order valence-electron chi connectivity index (χ2n) is 9.45. The molecule has 1 aliphatic carbocycles. The van der Waals surface area contributed by atoms with Crippen molar-refractivity contribution >= 4 is 25.7 Å². The van der Waals surface area contributed by atoms with Gasteiger partial charge in [0.05, 0.1) is 21.9 Å². The van der Waals surface area contributed by atoms with Gasteiger partial charge in [-0.2, -0.15) is 26.3 Å². The van der Waals surface area contributed by atoms with Crippen LogP contribution in [0, 0.1) is 6.92 Å². The van der Waals surface area contributed by atoms with Crippen molar-refractivity contribution in [2.45, 2.75) is 66.7 Å². The standard InChI is InChI=1S/C23H24F6N2O5S2/c1-14-2-7-19(8-3-14)38(35,36)31-17(13-30-37(33,34)18-9-10-18)6-4-15-12-16(5-11-20(15)31)21(32,22(24,25)26)23(27,28)29/h2-3,5,7-8,11-12,17-18,30,32H,4,6,9-10,13H2,1H3. The number of halogens is 6. The van der Waals surface area contributed by atoms with Crippen molar-refractivity contribution < 1.29 is 48.3 Å². The van der Waals surface area contributed by atoms with Gasteiger partial charge < -0.3 is 5.11 Å². The molecule has 0 saturated heterocycles. The van der Waals surface area contributed by atoms with Crippen LogP contribution in [-0.2, 0) is 32.1 Å². The van der Waals surface area contributed by atoms with E-state index in [1.165, 1.54) is 24.3 Å². The van der Waals surface area contributed by atoms with Gasteiger partial charge in [-0.25, -0.2) is 21.6 Å². The molecule has 1 atom stereocenters. The first-order valence-corrected chi connectivity index (χ1v) is 14.5. The average Bonchev–Trinajstić information content (AvgIpc) is 3.66. The third-order valence-electron chi connectivity index (χ3n) is 6.69. The molecule has 38 heavy (non-hydrogen) atoms. The maximum absolute atomic E-state index is 13.7. The number of nitrogens with one attached hydrogen (secondary N) is 1. The van der Waals surface area contributed by atoms with Gasteiger partial charge in [0.2, 0.25) is 10.0 Å². The van der Waals surface area contributed by atoms with E-state index in [9.17, 15) is 48.3 Å². The van der Waals surface area contributed by atoms with Crippen LogP contribution < -0.4 is 9.03 Å². The highest BCUT2D eigenvalue weighted by molar-refractivity contribution is 7.93.